The normalized spacial score (nSPS) is 16.1. The molecule has 0 bridgehead atoms. The Bertz CT molecular complexity index is 306. The summed E-state index contributed by atoms with van der Waals surface area (Å²) < 4.78 is 30.0. The molecular weight excluding hydrogens is 282 g/mol. The highest BCUT2D eigenvalue weighted by Gasteiger charge is 2.39. The smallest absolute Gasteiger partial charge is 0.318 e. The van der Waals surface area contributed by atoms with Crippen molar-refractivity contribution in [1.29, 1.82) is 0 Å². The molecule has 17 heavy (non-hydrogen) atoms. The average molecular weight is 304 g/mol. The number of nitrogens with one attached hydrogen (secondary N) is 1. The van der Waals surface area contributed by atoms with E-state index in [2.05, 4.69) is 5.09 Å². The van der Waals surface area contributed by atoms with Crippen molar-refractivity contribution in [2.45, 2.75) is 20.8 Å². The standard InChI is InChI=1S/C8H22N2O4P2S/c1-6-12-15(11,9-4)10(5)16(17,13-7-2)14-8-3/h6-8H2,1-5H3,(H,9,11). The van der Waals surface area contributed by atoms with E-state index in [1.807, 2.05) is 13.8 Å². The number of hydrogen-bond acceptors (Lipinski definition) is 5. The molecule has 0 amide bonds. The molecule has 6 nitrogen and oxygen atoms in total. The summed E-state index contributed by atoms with van der Waals surface area (Å²) in [6.45, 7) is 3.76. The highest BCUT2D eigenvalue weighted by atomic mass is 32.5. The maximum Gasteiger partial charge on any atom is 0.350 e. The van der Waals surface area contributed by atoms with Gasteiger partial charge in [-0.05, 0) is 39.6 Å². The minimum atomic E-state index is -3.19. The molecule has 1 N–H and O–H groups in total. The van der Waals surface area contributed by atoms with Gasteiger partial charge in [-0.25, -0.2) is 5.09 Å². The zero-order valence-corrected chi connectivity index (χ0v) is 13.6. The molecule has 0 saturated carbocycles. The Balaban J connectivity index is 5.11. The second-order valence-corrected chi connectivity index (χ2v) is 9.05. The molecule has 0 fully saturated rings. The van der Waals surface area contributed by atoms with Crippen LogP contribution in [0.5, 0.6) is 0 Å². The van der Waals surface area contributed by atoms with Gasteiger partial charge in [0, 0.05) is 7.05 Å². The van der Waals surface area contributed by atoms with Crippen LogP contribution in [0.2, 0.25) is 0 Å². The first-order valence-corrected chi connectivity index (χ1v) is 9.64. The first-order valence-electron chi connectivity index (χ1n) is 5.47. The van der Waals surface area contributed by atoms with E-state index in [-0.39, 0.29) is 0 Å². The molecule has 104 valence electrons. The van der Waals surface area contributed by atoms with Crippen molar-refractivity contribution in [3.05, 3.63) is 0 Å². The van der Waals surface area contributed by atoms with E-state index < -0.39 is 14.3 Å². The van der Waals surface area contributed by atoms with Crippen LogP contribution in [0.4, 0.5) is 0 Å². The van der Waals surface area contributed by atoms with Crippen LogP contribution in [-0.2, 0) is 29.9 Å². The van der Waals surface area contributed by atoms with E-state index in [0.29, 0.717) is 19.8 Å². The predicted molar refractivity (Wildman–Crippen MR) is 73.6 cm³/mol. The highest BCUT2D eigenvalue weighted by molar-refractivity contribution is 8.10. The molecule has 0 aliphatic carbocycles. The molecule has 0 aromatic carbocycles. The lowest BCUT2D eigenvalue weighted by atomic mass is 10.9. The maximum absolute atomic E-state index is 12.5. The third kappa shape index (κ3) is 4.69. The second kappa shape index (κ2) is 7.97. The summed E-state index contributed by atoms with van der Waals surface area (Å²) in [5, 5.41) is 2.66. The maximum atomic E-state index is 12.5. The van der Waals surface area contributed by atoms with Gasteiger partial charge < -0.3 is 13.6 Å². The van der Waals surface area contributed by atoms with Crippen molar-refractivity contribution < 1.29 is 18.1 Å². The van der Waals surface area contributed by atoms with Gasteiger partial charge in [0.05, 0.1) is 19.8 Å². The Hall–Kier alpha value is 0.680. The molecule has 0 aliphatic heterocycles. The van der Waals surface area contributed by atoms with Gasteiger partial charge in [0.15, 0.2) is 0 Å². The minimum absolute atomic E-state index is 0.316. The van der Waals surface area contributed by atoms with Crippen LogP contribution < -0.4 is 5.09 Å². The number of rotatable bonds is 9. The molecule has 9 heteroatoms. The van der Waals surface area contributed by atoms with Gasteiger partial charge >= 0.3 is 7.67 Å². The first-order chi connectivity index (χ1) is 7.90. The summed E-state index contributed by atoms with van der Waals surface area (Å²) >= 11 is 5.35. The van der Waals surface area contributed by atoms with Crippen molar-refractivity contribution in [2.75, 3.05) is 33.9 Å². The van der Waals surface area contributed by atoms with E-state index in [4.69, 9.17) is 25.4 Å². The van der Waals surface area contributed by atoms with E-state index in [0.717, 1.165) is 0 Å². The second-order valence-electron chi connectivity index (χ2n) is 2.96. The zero-order chi connectivity index (χ0) is 13.5. The van der Waals surface area contributed by atoms with Gasteiger partial charge in [-0.2, -0.15) is 0 Å². The summed E-state index contributed by atoms with van der Waals surface area (Å²) in [6.07, 6.45) is 0. The fourth-order valence-corrected chi connectivity index (χ4v) is 6.52. The fourth-order valence-electron chi connectivity index (χ4n) is 1.14. The Kier molecular flexibility index (Phi) is 8.29. The molecule has 1 unspecified atom stereocenters. The summed E-state index contributed by atoms with van der Waals surface area (Å²) in [5.74, 6) is 0. The van der Waals surface area contributed by atoms with E-state index in [1.165, 1.54) is 4.44 Å². The van der Waals surface area contributed by atoms with E-state index in [1.54, 1.807) is 21.0 Å². The fraction of sp³-hybridized carbons (Fsp3) is 1.00. The van der Waals surface area contributed by atoms with Gasteiger partial charge in [-0.1, -0.05) is 0 Å². The topological polar surface area (TPSA) is 60.0 Å². The van der Waals surface area contributed by atoms with Crippen LogP contribution in [0.15, 0.2) is 0 Å². The van der Waals surface area contributed by atoms with E-state index >= 15 is 0 Å². The van der Waals surface area contributed by atoms with Gasteiger partial charge in [0.2, 0.25) is 0 Å². The Morgan fingerprint density at radius 3 is 1.82 bits per heavy atom. The van der Waals surface area contributed by atoms with Crippen LogP contribution in [-0.4, -0.2) is 38.4 Å². The molecule has 0 rings (SSSR count). The lowest BCUT2D eigenvalue weighted by Crippen LogP contribution is -2.24. The van der Waals surface area contributed by atoms with E-state index in [9.17, 15) is 4.57 Å². The third-order valence-corrected chi connectivity index (χ3v) is 8.86. The molecule has 0 radical (unpaired) electrons. The molecular formula is C8H22N2O4P2S. The van der Waals surface area contributed by atoms with Gasteiger partial charge in [-0.3, -0.25) is 4.57 Å². The van der Waals surface area contributed by atoms with Crippen LogP contribution in [0, 0.1) is 0 Å². The Morgan fingerprint density at radius 1 is 1.12 bits per heavy atom. The lowest BCUT2D eigenvalue weighted by molar-refractivity contribution is 0.231. The largest absolute Gasteiger partial charge is 0.350 e. The van der Waals surface area contributed by atoms with Crippen molar-refractivity contribution in [2.24, 2.45) is 0 Å². The number of hydrogen-bond donors (Lipinski definition) is 1. The van der Waals surface area contributed by atoms with Gasteiger partial charge in [-0.15, -0.1) is 4.44 Å². The molecule has 0 spiro atoms. The van der Waals surface area contributed by atoms with Crippen molar-refractivity contribution >= 4 is 26.1 Å². The zero-order valence-electron chi connectivity index (χ0n) is 11.0. The Morgan fingerprint density at radius 2 is 1.53 bits per heavy atom. The van der Waals surface area contributed by atoms with Crippen molar-refractivity contribution in [3.63, 3.8) is 0 Å². The molecule has 1 atom stereocenters. The number of nitrogens with zero attached hydrogens (tertiary/aromatic N) is 1. The van der Waals surface area contributed by atoms with Gasteiger partial charge in [0.1, 0.15) is 0 Å². The molecule has 0 aliphatic rings. The first kappa shape index (κ1) is 17.7. The molecule has 0 saturated heterocycles. The molecule has 0 heterocycles. The van der Waals surface area contributed by atoms with Crippen LogP contribution in [0.1, 0.15) is 20.8 Å². The summed E-state index contributed by atoms with van der Waals surface area (Å²) in [4.78, 5) is 0. The highest BCUT2D eigenvalue weighted by Crippen LogP contribution is 2.65. The van der Waals surface area contributed by atoms with Crippen LogP contribution in [0.3, 0.4) is 0 Å². The summed E-state index contributed by atoms with van der Waals surface area (Å²) in [6, 6.07) is 0. The van der Waals surface area contributed by atoms with Gasteiger partial charge in [0.25, 0.3) is 6.64 Å². The third-order valence-electron chi connectivity index (χ3n) is 1.91. The predicted octanol–water partition coefficient (Wildman–Crippen LogP) is 2.58. The summed E-state index contributed by atoms with van der Waals surface area (Å²) in [7, 11) is -0.0374. The van der Waals surface area contributed by atoms with Crippen LogP contribution >= 0.6 is 14.3 Å². The molecule has 0 aromatic rings. The average Bonchev–Trinajstić information content (AvgIpc) is 2.29. The monoisotopic (exact) mass is 304 g/mol. The quantitative estimate of drug-likeness (QED) is 0.657. The van der Waals surface area contributed by atoms with Crippen molar-refractivity contribution in [3.8, 4) is 0 Å². The molecule has 0 aromatic heterocycles. The SMILES string of the molecule is CCOP(=O)(NC)N(C)P(=S)(OCC)OCC. The summed E-state index contributed by atoms with van der Waals surface area (Å²) in [5.41, 5.74) is 0. The minimum Gasteiger partial charge on any atom is -0.318 e. The van der Waals surface area contributed by atoms with Crippen molar-refractivity contribution in [1.82, 2.24) is 9.53 Å². The lowest BCUT2D eigenvalue weighted by Gasteiger charge is -2.34. The van der Waals surface area contributed by atoms with Crippen LogP contribution in [0.25, 0.3) is 0 Å². The Labute approximate surface area is 109 Å².